The first kappa shape index (κ1) is 14.7. The van der Waals surface area contributed by atoms with Crippen molar-refractivity contribution in [2.75, 3.05) is 20.6 Å². The molecule has 0 saturated heterocycles. The molecule has 0 bridgehead atoms. The van der Waals surface area contributed by atoms with Crippen LogP contribution in [0.25, 0.3) is 0 Å². The summed E-state index contributed by atoms with van der Waals surface area (Å²) in [7, 11) is 3.90. The zero-order valence-electron chi connectivity index (χ0n) is 11.8. The van der Waals surface area contributed by atoms with E-state index in [1.807, 2.05) is 38.1 Å². The number of hydrogen-bond donors (Lipinski definition) is 1. The summed E-state index contributed by atoms with van der Waals surface area (Å²) in [6, 6.07) is 3.75. The first-order valence-corrected chi connectivity index (χ1v) is 7.20. The normalized spacial score (nSPS) is 12.6. The molecule has 1 N–H and O–H groups in total. The maximum atomic E-state index is 12.2. The predicted octanol–water partition coefficient (Wildman–Crippen LogP) is 1.73. The molecule has 0 fully saturated rings. The summed E-state index contributed by atoms with van der Waals surface area (Å²) in [5, 5.41) is 6.87. The number of nitrogens with zero attached hydrogens (tertiary/aromatic N) is 3. The molecule has 1 amide bonds. The highest BCUT2D eigenvalue weighted by Crippen LogP contribution is 2.18. The predicted molar refractivity (Wildman–Crippen MR) is 76.8 cm³/mol. The highest BCUT2D eigenvalue weighted by Gasteiger charge is 2.20. The van der Waals surface area contributed by atoms with Gasteiger partial charge in [-0.15, -0.1) is 5.10 Å². The summed E-state index contributed by atoms with van der Waals surface area (Å²) in [5.41, 5.74) is 0.743. The van der Waals surface area contributed by atoms with E-state index < -0.39 is 0 Å². The van der Waals surface area contributed by atoms with Crippen molar-refractivity contribution in [2.45, 2.75) is 19.4 Å². The first-order valence-electron chi connectivity index (χ1n) is 6.42. The lowest BCUT2D eigenvalue weighted by Crippen LogP contribution is -2.34. The number of likely N-dealkylation sites (N-methyl/N-ethyl adjacent to an activating group) is 1. The third-order valence-electron chi connectivity index (χ3n) is 3.05. The lowest BCUT2D eigenvalue weighted by atomic mass is 10.2. The average molecular weight is 294 g/mol. The van der Waals surface area contributed by atoms with Gasteiger partial charge in [-0.05, 0) is 44.2 Å². The smallest absolute Gasteiger partial charge is 0.265 e. The van der Waals surface area contributed by atoms with E-state index in [0.29, 0.717) is 17.8 Å². The maximum Gasteiger partial charge on any atom is 0.265 e. The van der Waals surface area contributed by atoms with Crippen LogP contribution in [0.15, 0.2) is 22.8 Å². The Bertz CT molecular complexity index is 550. The molecule has 0 aliphatic carbocycles. The van der Waals surface area contributed by atoms with Gasteiger partial charge in [-0.1, -0.05) is 11.4 Å². The Hall–Kier alpha value is -1.73. The molecule has 2 rings (SSSR count). The second-order valence-electron chi connectivity index (χ2n) is 4.61. The number of aromatic nitrogens is 2. The maximum absolute atomic E-state index is 12.2. The number of carbonyl (C=O) groups excluding carboxylic acids is 1. The SMILES string of the molecule is CCc1nnsc1C(=O)NCC(c1ccco1)N(C)C. The summed E-state index contributed by atoms with van der Waals surface area (Å²) in [6.07, 6.45) is 2.34. The van der Waals surface area contributed by atoms with Gasteiger partial charge in [0.25, 0.3) is 5.91 Å². The number of hydrogen-bond acceptors (Lipinski definition) is 6. The van der Waals surface area contributed by atoms with Gasteiger partial charge in [-0.3, -0.25) is 9.69 Å². The zero-order chi connectivity index (χ0) is 14.5. The van der Waals surface area contributed by atoms with Crippen LogP contribution in [0.5, 0.6) is 0 Å². The van der Waals surface area contributed by atoms with E-state index in [9.17, 15) is 4.79 Å². The second-order valence-corrected chi connectivity index (χ2v) is 5.36. The fraction of sp³-hybridized carbons (Fsp3) is 0.462. The van der Waals surface area contributed by atoms with Crippen molar-refractivity contribution in [2.24, 2.45) is 0 Å². The van der Waals surface area contributed by atoms with Gasteiger partial charge in [0.15, 0.2) is 0 Å². The molecular weight excluding hydrogens is 276 g/mol. The Balaban J connectivity index is 2.01. The molecule has 2 aromatic rings. The molecule has 6 nitrogen and oxygen atoms in total. The molecule has 2 heterocycles. The van der Waals surface area contributed by atoms with Crippen molar-refractivity contribution in [3.63, 3.8) is 0 Å². The van der Waals surface area contributed by atoms with E-state index in [1.165, 1.54) is 0 Å². The number of aryl methyl sites for hydroxylation is 1. The van der Waals surface area contributed by atoms with Crippen LogP contribution in [-0.4, -0.2) is 41.0 Å². The van der Waals surface area contributed by atoms with Gasteiger partial charge in [-0.25, -0.2) is 0 Å². The fourth-order valence-corrected chi connectivity index (χ4v) is 2.57. The van der Waals surface area contributed by atoms with Crippen LogP contribution in [0.4, 0.5) is 0 Å². The zero-order valence-corrected chi connectivity index (χ0v) is 12.6. The minimum Gasteiger partial charge on any atom is -0.468 e. The van der Waals surface area contributed by atoms with Crippen molar-refractivity contribution < 1.29 is 9.21 Å². The van der Waals surface area contributed by atoms with Crippen LogP contribution in [0.3, 0.4) is 0 Å². The molecule has 1 unspecified atom stereocenters. The lowest BCUT2D eigenvalue weighted by molar-refractivity contribution is 0.0942. The third kappa shape index (κ3) is 3.23. The Morgan fingerprint density at radius 2 is 2.35 bits per heavy atom. The highest BCUT2D eigenvalue weighted by atomic mass is 32.1. The van der Waals surface area contributed by atoms with Crippen molar-refractivity contribution in [1.29, 1.82) is 0 Å². The Morgan fingerprint density at radius 1 is 1.55 bits per heavy atom. The summed E-state index contributed by atoms with van der Waals surface area (Å²) in [5.74, 6) is 0.698. The number of carbonyl (C=O) groups is 1. The van der Waals surface area contributed by atoms with E-state index in [-0.39, 0.29) is 11.9 Å². The first-order chi connectivity index (χ1) is 9.63. The second kappa shape index (κ2) is 6.62. The lowest BCUT2D eigenvalue weighted by Gasteiger charge is -2.22. The topological polar surface area (TPSA) is 71.3 Å². The fourth-order valence-electron chi connectivity index (χ4n) is 1.90. The summed E-state index contributed by atoms with van der Waals surface area (Å²) in [6.45, 7) is 2.43. The van der Waals surface area contributed by atoms with E-state index >= 15 is 0 Å². The quantitative estimate of drug-likeness (QED) is 0.878. The van der Waals surface area contributed by atoms with Gasteiger partial charge in [0.05, 0.1) is 18.0 Å². The molecule has 7 heteroatoms. The summed E-state index contributed by atoms with van der Waals surface area (Å²) in [4.78, 5) is 14.7. The van der Waals surface area contributed by atoms with Gasteiger partial charge in [0.2, 0.25) is 0 Å². The van der Waals surface area contributed by atoms with E-state index in [1.54, 1.807) is 6.26 Å². The number of nitrogens with one attached hydrogen (secondary N) is 1. The highest BCUT2D eigenvalue weighted by molar-refractivity contribution is 7.08. The number of furan rings is 1. The van der Waals surface area contributed by atoms with Gasteiger partial charge < -0.3 is 9.73 Å². The standard InChI is InChI=1S/C13H18N4O2S/c1-4-9-12(20-16-15-9)13(18)14-8-10(17(2)3)11-6-5-7-19-11/h5-7,10H,4,8H2,1-3H3,(H,14,18). The van der Waals surface area contributed by atoms with Crippen LogP contribution >= 0.6 is 11.5 Å². The van der Waals surface area contributed by atoms with Crippen LogP contribution in [0.2, 0.25) is 0 Å². The Labute approximate surface area is 121 Å². The molecule has 108 valence electrons. The van der Waals surface area contributed by atoms with Crippen LogP contribution < -0.4 is 5.32 Å². The summed E-state index contributed by atoms with van der Waals surface area (Å²) >= 11 is 1.13. The molecule has 0 aromatic carbocycles. The van der Waals surface area contributed by atoms with Crippen LogP contribution in [0, 0.1) is 0 Å². The van der Waals surface area contributed by atoms with Crippen LogP contribution in [-0.2, 0) is 6.42 Å². The molecular formula is C13H18N4O2S. The molecule has 20 heavy (non-hydrogen) atoms. The molecule has 0 aliphatic rings. The minimum absolute atomic E-state index is 0.0000860. The molecule has 0 aliphatic heterocycles. The monoisotopic (exact) mass is 294 g/mol. The van der Waals surface area contributed by atoms with Crippen molar-refractivity contribution in [3.8, 4) is 0 Å². The van der Waals surface area contributed by atoms with Gasteiger partial charge in [0.1, 0.15) is 10.6 Å². The van der Waals surface area contributed by atoms with Crippen LogP contribution in [0.1, 0.15) is 34.1 Å². The summed E-state index contributed by atoms with van der Waals surface area (Å²) < 4.78 is 9.24. The Morgan fingerprint density at radius 3 is 2.95 bits per heavy atom. The largest absolute Gasteiger partial charge is 0.468 e. The van der Waals surface area contributed by atoms with Gasteiger partial charge in [-0.2, -0.15) is 0 Å². The van der Waals surface area contributed by atoms with Crippen molar-refractivity contribution in [3.05, 3.63) is 34.7 Å². The molecule has 2 aromatic heterocycles. The van der Waals surface area contributed by atoms with E-state index in [4.69, 9.17) is 4.42 Å². The molecule has 0 radical (unpaired) electrons. The molecule has 1 atom stereocenters. The minimum atomic E-state index is -0.129. The Kier molecular flexibility index (Phi) is 4.86. The van der Waals surface area contributed by atoms with Gasteiger partial charge >= 0.3 is 0 Å². The van der Waals surface area contributed by atoms with Gasteiger partial charge in [0, 0.05) is 6.54 Å². The van der Waals surface area contributed by atoms with E-state index in [2.05, 4.69) is 14.9 Å². The third-order valence-corrected chi connectivity index (χ3v) is 3.81. The van der Waals surface area contributed by atoms with Crippen molar-refractivity contribution >= 4 is 17.4 Å². The number of amides is 1. The average Bonchev–Trinajstić information content (AvgIpc) is 3.09. The van der Waals surface area contributed by atoms with E-state index in [0.717, 1.165) is 23.0 Å². The van der Waals surface area contributed by atoms with Crippen molar-refractivity contribution in [1.82, 2.24) is 19.8 Å². The molecule has 0 saturated carbocycles. The number of rotatable bonds is 6. The molecule has 0 spiro atoms.